The summed E-state index contributed by atoms with van der Waals surface area (Å²) in [7, 11) is 1.68. The van der Waals surface area contributed by atoms with Gasteiger partial charge in [0.2, 0.25) is 0 Å². The SMILES string of the molecule is COc1cc[nH]c1C=C1CNc2ccc3[nH]cnc3c21. The molecule has 0 saturated carbocycles. The summed E-state index contributed by atoms with van der Waals surface area (Å²) in [5.41, 5.74) is 6.53. The standard InChI is InChI=1S/C15H14N4O/c1-20-13-4-5-16-12(13)6-9-7-17-10-2-3-11-15(14(9)10)19-8-18-11/h2-6,8,16-17H,7H2,1H3,(H,18,19). The van der Waals surface area contributed by atoms with Crippen LogP contribution in [0.5, 0.6) is 5.75 Å². The topological polar surface area (TPSA) is 65.7 Å². The van der Waals surface area contributed by atoms with Gasteiger partial charge < -0.3 is 20.0 Å². The molecular formula is C15H14N4O. The summed E-state index contributed by atoms with van der Waals surface area (Å²) in [6, 6.07) is 6.06. The van der Waals surface area contributed by atoms with Gasteiger partial charge in [-0.2, -0.15) is 0 Å². The first-order valence-corrected chi connectivity index (χ1v) is 6.49. The Balaban J connectivity index is 1.90. The Kier molecular flexibility index (Phi) is 2.32. The average molecular weight is 266 g/mol. The summed E-state index contributed by atoms with van der Waals surface area (Å²) >= 11 is 0. The molecule has 0 unspecified atom stereocenters. The lowest BCUT2D eigenvalue weighted by Crippen LogP contribution is -1.92. The van der Waals surface area contributed by atoms with Crippen molar-refractivity contribution in [2.75, 3.05) is 19.0 Å². The van der Waals surface area contributed by atoms with E-state index in [1.807, 2.05) is 18.3 Å². The number of fused-ring (bicyclic) bond motifs is 3. The number of aromatic nitrogens is 3. The maximum atomic E-state index is 5.34. The molecular weight excluding hydrogens is 252 g/mol. The number of benzene rings is 1. The Hall–Kier alpha value is -2.69. The number of nitrogens with one attached hydrogen (secondary N) is 3. The zero-order valence-corrected chi connectivity index (χ0v) is 11.0. The molecule has 3 aromatic rings. The predicted molar refractivity (Wildman–Crippen MR) is 79.8 cm³/mol. The molecule has 3 heterocycles. The fraction of sp³-hybridized carbons (Fsp3) is 0.133. The molecule has 0 aliphatic carbocycles. The van der Waals surface area contributed by atoms with Crippen molar-refractivity contribution in [2.45, 2.75) is 0 Å². The second-order valence-corrected chi connectivity index (χ2v) is 4.77. The summed E-state index contributed by atoms with van der Waals surface area (Å²) in [5, 5.41) is 3.41. The molecule has 2 aromatic heterocycles. The summed E-state index contributed by atoms with van der Waals surface area (Å²) in [6.45, 7) is 0.795. The van der Waals surface area contributed by atoms with Gasteiger partial charge in [0.05, 0.1) is 30.2 Å². The Morgan fingerprint density at radius 3 is 3.10 bits per heavy atom. The van der Waals surface area contributed by atoms with Crippen LogP contribution in [0, 0.1) is 0 Å². The van der Waals surface area contributed by atoms with Gasteiger partial charge in [0.25, 0.3) is 0 Å². The summed E-state index contributed by atoms with van der Waals surface area (Å²) in [4.78, 5) is 10.8. The van der Waals surface area contributed by atoms with Crippen molar-refractivity contribution in [3.8, 4) is 5.75 Å². The van der Waals surface area contributed by atoms with E-state index in [-0.39, 0.29) is 0 Å². The minimum Gasteiger partial charge on any atom is -0.495 e. The molecule has 5 heteroatoms. The van der Waals surface area contributed by atoms with Crippen molar-refractivity contribution in [2.24, 2.45) is 0 Å². The van der Waals surface area contributed by atoms with Gasteiger partial charge in [0.15, 0.2) is 0 Å². The van der Waals surface area contributed by atoms with Crippen molar-refractivity contribution in [1.29, 1.82) is 0 Å². The molecule has 0 radical (unpaired) electrons. The van der Waals surface area contributed by atoms with Gasteiger partial charge in [0.1, 0.15) is 5.75 Å². The highest BCUT2D eigenvalue weighted by molar-refractivity contribution is 6.03. The Labute approximate surface area is 115 Å². The number of H-pyrrole nitrogens is 2. The van der Waals surface area contributed by atoms with Crippen LogP contribution in [-0.4, -0.2) is 28.6 Å². The molecule has 1 aliphatic heterocycles. The van der Waals surface area contributed by atoms with E-state index in [9.17, 15) is 0 Å². The maximum absolute atomic E-state index is 5.34. The lowest BCUT2D eigenvalue weighted by atomic mass is 10.0. The van der Waals surface area contributed by atoms with Crippen LogP contribution < -0.4 is 10.1 Å². The van der Waals surface area contributed by atoms with Gasteiger partial charge in [-0.1, -0.05) is 0 Å². The molecule has 4 rings (SSSR count). The van der Waals surface area contributed by atoms with Crippen LogP contribution in [0.1, 0.15) is 11.3 Å². The van der Waals surface area contributed by atoms with Crippen molar-refractivity contribution < 1.29 is 4.74 Å². The molecule has 1 aliphatic rings. The number of hydrogen-bond donors (Lipinski definition) is 3. The van der Waals surface area contributed by atoms with E-state index in [0.717, 1.165) is 34.7 Å². The van der Waals surface area contributed by atoms with E-state index in [1.165, 1.54) is 11.1 Å². The Morgan fingerprint density at radius 1 is 1.25 bits per heavy atom. The molecule has 5 nitrogen and oxygen atoms in total. The van der Waals surface area contributed by atoms with Crippen LogP contribution in [0.2, 0.25) is 0 Å². The molecule has 20 heavy (non-hydrogen) atoms. The third-order valence-corrected chi connectivity index (χ3v) is 3.66. The number of methoxy groups -OCH3 is 1. The highest BCUT2D eigenvalue weighted by Gasteiger charge is 2.20. The number of aromatic amines is 2. The van der Waals surface area contributed by atoms with E-state index in [1.54, 1.807) is 13.4 Å². The van der Waals surface area contributed by atoms with Crippen LogP contribution in [0.25, 0.3) is 22.7 Å². The summed E-state index contributed by atoms with van der Waals surface area (Å²) < 4.78 is 5.34. The first kappa shape index (κ1) is 11.2. The Morgan fingerprint density at radius 2 is 2.20 bits per heavy atom. The zero-order chi connectivity index (χ0) is 13.5. The van der Waals surface area contributed by atoms with E-state index in [2.05, 4.69) is 32.4 Å². The van der Waals surface area contributed by atoms with E-state index in [0.29, 0.717) is 0 Å². The van der Waals surface area contributed by atoms with Gasteiger partial charge in [0, 0.05) is 24.0 Å². The highest BCUT2D eigenvalue weighted by atomic mass is 16.5. The monoisotopic (exact) mass is 266 g/mol. The predicted octanol–water partition coefficient (Wildman–Crippen LogP) is 2.87. The lowest BCUT2D eigenvalue weighted by Gasteiger charge is -2.02. The molecule has 0 saturated heterocycles. The smallest absolute Gasteiger partial charge is 0.143 e. The van der Waals surface area contributed by atoms with Gasteiger partial charge in [-0.15, -0.1) is 0 Å². The second-order valence-electron chi connectivity index (χ2n) is 4.77. The minimum absolute atomic E-state index is 0.795. The van der Waals surface area contributed by atoms with Crippen LogP contribution >= 0.6 is 0 Å². The third-order valence-electron chi connectivity index (χ3n) is 3.66. The molecule has 100 valence electrons. The minimum atomic E-state index is 0.795. The number of hydrogen-bond acceptors (Lipinski definition) is 3. The molecule has 0 fully saturated rings. The van der Waals surface area contributed by atoms with Crippen molar-refractivity contribution in [3.63, 3.8) is 0 Å². The normalized spacial score (nSPS) is 15.6. The average Bonchev–Trinajstić information content (AvgIpc) is 3.16. The molecule has 0 amide bonds. The van der Waals surface area contributed by atoms with Crippen molar-refractivity contribution in [1.82, 2.24) is 15.0 Å². The van der Waals surface area contributed by atoms with Crippen LogP contribution in [0.3, 0.4) is 0 Å². The van der Waals surface area contributed by atoms with Gasteiger partial charge in [-0.3, -0.25) is 0 Å². The van der Waals surface area contributed by atoms with E-state index < -0.39 is 0 Å². The van der Waals surface area contributed by atoms with Crippen molar-refractivity contribution in [3.05, 3.63) is 42.0 Å². The number of rotatable bonds is 2. The quantitative estimate of drug-likeness (QED) is 0.668. The van der Waals surface area contributed by atoms with Gasteiger partial charge in [-0.25, -0.2) is 4.98 Å². The lowest BCUT2D eigenvalue weighted by molar-refractivity contribution is 0.414. The molecule has 3 N–H and O–H groups in total. The fourth-order valence-electron chi connectivity index (χ4n) is 2.72. The van der Waals surface area contributed by atoms with E-state index >= 15 is 0 Å². The number of ether oxygens (including phenoxy) is 1. The second kappa shape index (κ2) is 4.16. The Bertz CT molecular complexity index is 812. The van der Waals surface area contributed by atoms with Gasteiger partial charge >= 0.3 is 0 Å². The first-order valence-electron chi connectivity index (χ1n) is 6.49. The van der Waals surface area contributed by atoms with Crippen LogP contribution in [-0.2, 0) is 0 Å². The summed E-state index contributed by atoms with van der Waals surface area (Å²) in [5.74, 6) is 0.847. The number of imidazole rings is 1. The van der Waals surface area contributed by atoms with Crippen molar-refractivity contribution >= 4 is 28.4 Å². The fourth-order valence-corrected chi connectivity index (χ4v) is 2.72. The highest BCUT2D eigenvalue weighted by Crippen LogP contribution is 2.37. The largest absolute Gasteiger partial charge is 0.495 e. The molecule has 0 spiro atoms. The number of nitrogens with zero attached hydrogens (tertiary/aromatic N) is 1. The molecule has 1 aromatic carbocycles. The summed E-state index contributed by atoms with van der Waals surface area (Å²) in [6.07, 6.45) is 5.73. The van der Waals surface area contributed by atoms with E-state index in [4.69, 9.17) is 4.74 Å². The third kappa shape index (κ3) is 1.53. The van der Waals surface area contributed by atoms with Gasteiger partial charge in [-0.05, 0) is 29.8 Å². The molecule has 0 atom stereocenters. The maximum Gasteiger partial charge on any atom is 0.143 e. The zero-order valence-electron chi connectivity index (χ0n) is 11.0. The van der Waals surface area contributed by atoms with Crippen LogP contribution in [0.4, 0.5) is 5.69 Å². The first-order chi connectivity index (χ1) is 9.86. The molecule has 0 bridgehead atoms. The van der Waals surface area contributed by atoms with Crippen LogP contribution in [0.15, 0.2) is 30.7 Å². The number of anilines is 1.